The molecule has 1 aromatic rings. The molecule has 4 heteroatoms. The molecule has 0 aromatic carbocycles. The van der Waals surface area contributed by atoms with E-state index in [9.17, 15) is 0 Å². The van der Waals surface area contributed by atoms with Gasteiger partial charge in [0, 0.05) is 37.6 Å². The zero-order chi connectivity index (χ0) is 12.1. The average Bonchev–Trinajstić information content (AvgIpc) is 3.18. The zero-order valence-electron chi connectivity index (χ0n) is 10.8. The highest BCUT2D eigenvalue weighted by Crippen LogP contribution is 2.30. The van der Waals surface area contributed by atoms with Gasteiger partial charge in [-0.3, -0.25) is 0 Å². The molecular weight excluding hydrogens is 212 g/mol. The van der Waals surface area contributed by atoms with E-state index >= 15 is 0 Å². The van der Waals surface area contributed by atoms with Crippen LogP contribution in [0.25, 0.3) is 0 Å². The van der Waals surface area contributed by atoms with Crippen LogP contribution in [0.1, 0.15) is 32.3 Å². The quantitative estimate of drug-likeness (QED) is 0.781. The molecule has 0 atom stereocenters. The van der Waals surface area contributed by atoms with Crippen molar-refractivity contribution in [3.63, 3.8) is 0 Å². The number of nitrogens with zero attached hydrogens (tertiary/aromatic N) is 3. The number of nitrogens with one attached hydrogen (secondary N) is 1. The maximum Gasteiger partial charge on any atom is 0.225 e. The van der Waals surface area contributed by atoms with E-state index in [1.807, 2.05) is 12.4 Å². The van der Waals surface area contributed by atoms with Crippen LogP contribution in [0.5, 0.6) is 0 Å². The summed E-state index contributed by atoms with van der Waals surface area (Å²) in [6.07, 6.45) is 6.60. The number of hydrogen-bond acceptors (Lipinski definition) is 4. The van der Waals surface area contributed by atoms with Crippen molar-refractivity contribution in [1.82, 2.24) is 15.3 Å². The SMILES string of the molecule is CCNCc1cnc(N(CC)CC2CC2)nc1. The molecular formula is C13H22N4. The van der Waals surface area contributed by atoms with Gasteiger partial charge >= 0.3 is 0 Å². The van der Waals surface area contributed by atoms with Crippen molar-refractivity contribution in [2.75, 3.05) is 24.5 Å². The van der Waals surface area contributed by atoms with Crippen molar-refractivity contribution in [2.45, 2.75) is 33.2 Å². The van der Waals surface area contributed by atoms with Crippen LogP contribution in [0.2, 0.25) is 0 Å². The summed E-state index contributed by atoms with van der Waals surface area (Å²) >= 11 is 0. The van der Waals surface area contributed by atoms with Crippen LogP contribution < -0.4 is 10.2 Å². The molecule has 0 amide bonds. The van der Waals surface area contributed by atoms with E-state index < -0.39 is 0 Å². The van der Waals surface area contributed by atoms with Crippen LogP contribution in [0, 0.1) is 5.92 Å². The van der Waals surface area contributed by atoms with Gasteiger partial charge in [0.1, 0.15) is 0 Å². The first-order chi connectivity index (χ1) is 8.33. The largest absolute Gasteiger partial charge is 0.341 e. The molecule has 2 rings (SSSR count). The summed E-state index contributed by atoms with van der Waals surface area (Å²) in [7, 11) is 0. The molecule has 94 valence electrons. The first-order valence-corrected chi connectivity index (χ1v) is 6.60. The molecule has 0 radical (unpaired) electrons. The molecule has 0 spiro atoms. The van der Waals surface area contributed by atoms with Gasteiger partial charge in [0.25, 0.3) is 0 Å². The van der Waals surface area contributed by atoms with Crippen molar-refractivity contribution >= 4 is 5.95 Å². The van der Waals surface area contributed by atoms with E-state index in [0.717, 1.165) is 43.6 Å². The molecule has 1 heterocycles. The third kappa shape index (κ3) is 3.66. The predicted octanol–water partition coefficient (Wildman–Crippen LogP) is 1.82. The Morgan fingerprint density at radius 2 is 2.00 bits per heavy atom. The number of hydrogen-bond donors (Lipinski definition) is 1. The predicted molar refractivity (Wildman–Crippen MR) is 70.0 cm³/mol. The lowest BCUT2D eigenvalue weighted by atomic mass is 10.3. The highest BCUT2D eigenvalue weighted by atomic mass is 15.2. The molecule has 0 aliphatic heterocycles. The number of rotatable bonds is 7. The molecule has 1 fully saturated rings. The second-order valence-electron chi connectivity index (χ2n) is 4.65. The fourth-order valence-electron chi connectivity index (χ4n) is 1.84. The maximum absolute atomic E-state index is 4.46. The smallest absolute Gasteiger partial charge is 0.225 e. The summed E-state index contributed by atoms with van der Waals surface area (Å²) in [5, 5.41) is 3.28. The van der Waals surface area contributed by atoms with E-state index in [1.54, 1.807) is 0 Å². The van der Waals surface area contributed by atoms with Crippen LogP contribution in [0.4, 0.5) is 5.95 Å². The first-order valence-electron chi connectivity index (χ1n) is 6.60. The molecule has 4 nitrogen and oxygen atoms in total. The third-order valence-corrected chi connectivity index (χ3v) is 3.11. The lowest BCUT2D eigenvalue weighted by Crippen LogP contribution is -2.27. The van der Waals surface area contributed by atoms with Gasteiger partial charge in [0.15, 0.2) is 0 Å². The van der Waals surface area contributed by atoms with E-state index in [2.05, 4.69) is 34.0 Å². The Kier molecular flexibility index (Phi) is 4.31. The van der Waals surface area contributed by atoms with Gasteiger partial charge in [-0.25, -0.2) is 9.97 Å². The third-order valence-electron chi connectivity index (χ3n) is 3.11. The Bertz CT molecular complexity index is 332. The summed E-state index contributed by atoms with van der Waals surface area (Å²) < 4.78 is 0. The van der Waals surface area contributed by atoms with Gasteiger partial charge in [-0.2, -0.15) is 0 Å². The summed E-state index contributed by atoms with van der Waals surface area (Å²) in [5.41, 5.74) is 1.15. The summed E-state index contributed by atoms with van der Waals surface area (Å²) in [4.78, 5) is 11.2. The normalized spacial score (nSPS) is 14.9. The van der Waals surface area contributed by atoms with E-state index in [4.69, 9.17) is 0 Å². The Balaban J connectivity index is 1.94. The fraction of sp³-hybridized carbons (Fsp3) is 0.692. The molecule has 0 unspecified atom stereocenters. The standard InChI is InChI=1S/C13H22N4/c1-3-14-7-12-8-15-13(16-9-12)17(4-2)10-11-5-6-11/h8-9,11,14H,3-7,10H2,1-2H3. The van der Waals surface area contributed by atoms with Crippen molar-refractivity contribution in [1.29, 1.82) is 0 Å². The van der Waals surface area contributed by atoms with Crippen LogP contribution >= 0.6 is 0 Å². The van der Waals surface area contributed by atoms with Gasteiger partial charge in [0.05, 0.1) is 0 Å². The minimum atomic E-state index is 0.853. The molecule has 1 N–H and O–H groups in total. The van der Waals surface area contributed by atoms with E-state index in [1.165, 1.54) is 12.8 Å². The highest BCUT2D eigenvalue weighted by molar-refractivity contribution is 5.30. The minimum absolute atomic E-state index is 0.853. The average molecular weight is 234 g/mol. The monoisotopic (exact) mass is 234 g/mol. The first kappa shape index (κ1) is 12.3. The molecule has 1 aliphatic rings. The number of anilines is 1. The van der Waals surface area contributed by atoms with Crippen molar-refractivity contribution in [3.05, 3.63) is 18.0 Å². The van der Waals surface area contributed by atoms with Gasteiger partial charge in [-0.1, -0.05) is 6.92 Å². The lowest BCUT2D eigenvalue weighted by molar-refractivity contribution is 0.704. The van der Waals surface area contributed by atoms with Gasteiger partial charge in [0.2, 0.25) is 5.95 Å². The fourth-order valence-corrected chi connectivity index (χ4v) is 1.84. The molecule has 0 saturated heterocycles. The molecule has 17 heavy (non-hydrogen) atoms. The zero-order valence-corrected chi connectivity index (χ0v) is 10.8. The Labute approximate surface area is 103 Å². The van der Waals surface area contributed by atoms with Gasteiger partial charge in [-0.05, 0) is 32.2 Å². The van der Waals surface area contributed by atoms with Gasteiger partial charge < -0.3 is 10.2 Å². The summed E-state index contributed by atoms with van der Waals surface area (Å²) in [6, 6.07) is 0. The minimum Gasteiger partial charge on any atom is -0.341 e. The summed E-state index contributed by atoms with van der Waals surface area (Å²) in [6.45, 7) is 8.20. The number of aromatic nitrogens is 2. The van der Waals surface area contributed by atoms with Crippen LogP contribution in [-0.4, -0.2) is 29.6 Å². The molecule has 1 aliphatic carbocycles. The Morgan fingerprint density at radius 3 is 2.53 bits per heavy atom. The molecule has 0 bridgehead atoms. The van der Waals surface area contributed by atoms with Crippen molar-refractivity contribution in [2.24, 2.45) is 5.92 Å². The Morgan fingerprint density at radius 1 is 1.29 bits per heavy atom. The van der Waals surface area contributed by atoms with Crippen LogP contribution in [-0.2, 0) is 6.54 Å². The summed E-state index contributed by atoms with van der Waals surface area (Å²) in [5.74, 6) is 1.75. The van der Waals surface area contributed by atoms with Crippen molar-refractivity contribution < 1.29 is 0 Å². The van der Waals surface area contributed by atoms with Crippen LogP contribution in [0.15, 0.2) is 12.4 Å². The van der Waals surface area contributed by atoms with E-state index in [-0.39, 0.29) is 0 Å². The topological polar surface area (TPSA) is 41.1 Å². The van der Waals surface area contributed by atoms with E-state index in [0.29, 0.717) is 0 Å². The second-order valence-corrected chi connectivity index (χ2v) is 4.65. The lowest BCUT2D eigenvalue weighted by Gasteiger charge is -2.20. The maximum atomic E-state index is 4.46. The van der Waals surface area contributed by atoms with Crippen molar-refractivity contribution in [3.8, 4) is 0 Å². The van der Waals surface area contributed by atoms with Crippen LogP contribution in [0.3, 0.4) is 0 Å². The highest BCUT2D eigenvalue weighted by Gasteiger charge is 2.24. The second kappa shape index (κ2) is 5.96. The Hall–Kier alpha value is -1.16. The van der Waals surface area contributed by atoms with Gasteiger partial charge in [-0.15, -0.1) is 0 Å². The molecule has 1 saturated carbocycles. The molecule has 1 aromatic heterocycles.